The molecule has 1 heterocycles. The predicted octanol–water partition coefficient (Wildman–Crippen LogP) is 2.75. The van der Waals surface area contributed by atoms with E-state index in [1.165, 1.54) is 18.4 Å². The third kappa shape index (κ3) is 3.50. The molecule has 1 aliphatic rings. The van der Waals surface area contributed by atoms with Crippen LogP contribution >= 0.6 is 0 Å². The minimum atomic E-state index is 0.163. The van der Waals surface area contributed by atoms with Crippen LogP contribution in [-0.2, 0) is 6.42 Å². The molecule has 1 aromatic rings. The maximum absolute atomic E-state index is 6.04. The Morgan fingerprint density at radius 3 is 2.86 bits per heavy atom. The summed E-state index contributed by atoms with van der Waals surface area (Å²) >= 11 is 0. The number of benzene rings is 1. The Kier molecular flexibility index (Phi) is 5.48. The molecule has 0 saturated heterocycles. The quantitative estimate of drug-likeness (QED) is 0.839. The number of hydrogen-bond donors (Lipinski definition) is 1. The second kappa shape index (κ2) is 7.14. The lowest BCUT2D eigenvalue weighted by atomic mass is 10.00. The molecule has 0 aromatic heterocycles. The molecule has 0 amide bonds. The van der Waals surface area contributed by atoms with Crippen molar-refractivity contribution in [2.45, 2.75) is 45.3 Å². The Labute approximate surface area is 128 Å². The third-order valence-corrected chi connectivity index (χ3v) is 4.23. The van der Waals surface area contributed by atoms with Crippen LogP contribution in [0.5, 0.6) is 11.5 Å². The van der Waals surface area contributed by atoms with Gasteiger partial charge < -0.3 is 15.2 Å². The molecule has 2 atom stereocenters. The lowest BCUT2D eigenvalue weighted by Crippen LogP contribution is -2.31. The van der Waals surface area contributed by atoms with Gasteiger partial charge in [-0.2, -0.15) is 0 Å². The molecule has 4 heteroatoms. The summed E-state index contributed by atoms with van der Waals surface area (Å²) in [5.41, 5.74) is 8.40. The van der Waals surface area contributed by atoms with E-state index in [1.54, 1.807) is 7.11 Å². The van der Waals surface area contributed by atoms with Gasteiger partial charge in [-0.25, -0.2) is 0 Å². The molecule has 2 unspecified atom stereocenters. The van der Waals surface area contributed by atoms with Gasteiger partial charge in [0.1, 0.15) is 17.6 Å². The summed E-state index contributed by atoms with van der Waals surface area (Å²) in [7, 11) is 3.85. The second-order valence-electron chi connectivity index (χ2n) is 5.92. The summed E-state index contributed by atoms with van der Waals surface area (Å²) in [6.45, 7) is 5.91. The summed E-state index contributed by atoms with van der Waals surface area (Å²) in [5.74, 6) is 1.91. The van der Waals surface area contributed by atoms with E-state index in [-0.39, 0.29) is 12.1 Å². The van der Waals surface area contributed by atoms with Crippen molar-refractivity contribution >= 4 is 0 Å². The fourth-order valence-electron chi connectivity index (χ4n) is 3.00. The second-order valence-corrected chi connectivity index (χ2v) is 5.92. The minimum Gasteiger partial charge on any atom is -0.496 e. The van der Waals surface area contributed by atoms with Gasteiger partial charge in [-0.15, -0.1) is 0 Å². The standard InChI is InChI=1S/C17H28N2O2/c1-5-6-7-19(3)15(11-18)14-10-16-13(8-12(2)21-16)9-17(14)20-4/h9-10,12,15H,5-8,11,18H2,1-4H3. The van der Waals surface area contributed by atoms with Gasteiger partial charge in [0.25, 0.3) is 0 Å². The molecule has 2 N–H and O–H groups in total. The van der Waals surface area contributed by atoms with Crippen LogP contribution in [0.15, 0.2) is 12.1 Å². The van der Waals surface area contributed by atoms with E-state index < -0.39 is 0 Å². The molecule has 4 nitrogen and oxygen atoms in total. The van der Waals surface area contributed by atoms with E-state index >= 15 is 0 Å². The van der Waals surface area contributed by atoms with Crippen molar-refractivity contribution in [1.29, 1.82) is 0 Å². The van der Waals surface area contributed by atoms with Crippen LogP contribution in [0, 0.1) is 0 Å². The number of unbranched alkanes of at least 4 members (excludes halogenated alkanes) is 1. The van der Waals surface area contributed by atoms with Gasteiger partial charge in [-0.05, 0) is 39.1 Å². The zero-order valence-electron chi connectivity index (χ0n) is 13.7. The maximum atomic E-state index is 6.04. The van der Waals surface area contributed by atoms with E-state index in [1.807, 2.05) is 0 Å². The summed E-state index contributed by atoms with van der Waals surface area (Å²) < 4.78 is 11.5. The van der Waals surface area contributed by atoms with Crippen molar-refractivity contribution in [3.8, 4) is 11.5 Å². The molecule has 0 radical (unpaired) electrons. The Hall–Kier alpha value is -1.26. The van der Waals surface area contributed by atoms with Gasteiger partial charge in [0.15, 0.2) is 0 Å². The Balaban J connectivity index is 2.30. The molecule has 2 rings (SSSR count). The summed E-state index contributed by atoms with van der Waals surface area (Å²) in [4.78, 5) is 2.31. The summed E-state index contributed by atoms with van der Waals surface area (Å²) in [5, 5.41) is 0. The topological polar surface area (TPSA) is 47.7 Å². The van der Waals surface area contributed by atoms with Crippen LogP contribution in [0.1, 0.15) is 43.9 Å². The maximum Gasteiger partial charge on any atom is 0.124 e. The molecular formula is C17H28N2O2. The predicted molar refractivity (Wildman–Crippen MR) is 86.1 cm³/mol. The van der Waals surface area contributed by atoms with E-state index in [0.29, 0.717) is 6.54 Å². The highest BCUT2D eigenvalue weighted by Gasteiger charge is 2.26. The van der Waals surface area contributed by atoms with Gasteiger partial charge in [0.2, 0.25) is 0 Å². The average molecular weight is 292 g/mol. The first-order valence-corrected chi connectivity index (χ1v) is 7.88. The highest BCUT2D eigenvalue weighted by atomic mass is 16.5. The Morgan fingerprint density at radius 1 is 1.48 bits per heavy atom. The number of fused-ring (bicyclic) bond motifs is 1. The molecular weight excluding hydrogens is 264 g/mol. The van der Waals surface area contributed by atoms with Crippen molar-refractivity contribution in [1.82, 2.24) is 4.90 Å². The first-order valence-electron chi connectivity index (χ1n) is 7.88. The van der Waals surface area contributed by atoms with Crippen LogP contribution in [0.2, 0.25) is 0 Å². The zero-order chi connectivity index (χ0) is 15.4. The Morgan fingerprint density at radius 2 is 2.24 bits per heavy atom. The first-order chi connectivity index (χ1) is 10.1. The van der Waals surface area contributed by atoms with Gasteiger partial charge in [-0.3, -0.25) is 4.90 Å². The lowest BCUT2D eigenvalue weighted by Gasteiger charge is -2.28. The van der Waals surface area contributed by atoms with Crippen molar-refractivity contribution in [2.24, 2.45) is 5.73 Å². The number of nitrogens with two attached hydrogens (primary N) is 1. The fraction of sp³-hybridized carbons (Fsp3) is 0.647. The molecule has 118 valence electrons. The largest absolute Gasteiger partial charge is 0.496 e. The third-order valence-electron chi connectivity index (χ3n) is 4.23. The smallest absolute Gasteiger partial charge is 0.124 e. The van der Waals surface area contributed by atoms with Crippen LogP contribution in [0.25, 0.3) is 0 Å². The molecule has 0 bridgehead atoms. The number of hydrogen-bond acceptors (Lipinski definition) is 4. The highest BCUT2D eigenvalue weighted by Crippen LogP contribution is 2.38. The van der Waals surface area contributed by atoms with E-state index in [4.69, 9.17) is 15.2 Å². The van der Waals surface area contributed by atoms with Crippen molar-refractivity contribution in [3.63, 3.8) is 0 Å². The van der Waals surface area contributed by atoms with E-state index in [9.17, 15) is 0 Å². The highest BCUT2D eigenvalue weighted by molar-refractivity contribution is 5.50. The van der Waals surface area contributed by atoms with E-state index in [2.05, 4.69) is 37.9 Å². The number of ether oxygens (including phenoxy) is 2. The molecule has 21 heavy (non-hydrogen) atoms. The number of likely N-dealkylation sites (N-methyl/N-ethyl adjacent to an activating group) is 1. The molecule has 0 aliphatic carbocycles. The molecule has 0 spiro atoms. The number of methoxy groups -OCH3 is 1. The number of nitrogens with zero attached hydrogens (tertiary/aromatic N) is 1. The van der Waals surface area contributed by atoms with Gasteiger partial charge in [-0.1, -0.05) is 13.3 Å². The zero-order valence-corrected chi connectivity index (χ0v) is 13.7. The average Bonchev–Trinajstić information content (AvgIpc) is 2.84. The van der Waals surface area contributed by atoms with Crippen LogP contribution in [-0.4, -0.2) is 38.3 Å². The Bertz CT molecular complexity index is 476. The van der Waals surface area contributed by atoms with Crippen molar-refractivity contribution < 1.29 is 9.47 Å². The SMILES string of the molecule is CCCCN(C)C(CN)c1cc2c(cc1OC)CC(C)O2. The first kappa shape index (κ1) is 16.1. The molecule has 1 aromatic carbocycles. The summed E-state index contributed by atoms with van der Waals surface area (Å²) in [6, 6.07) is 4.40. The lowest BCUT2D eigenvalue weighted by molar-refractivity contribution is 0.237. The normalized spacial score (nSPS) is 18.5. The fourth-order valence-corrected chi connectivity index (χ4v) is 3.00. The minimum absolute atomic E-state index is 0.163. The van der Waals surface area contributed by atoms with Crippen LogP contribution in [0.4, 0.5) is 0 Å². The van der Waals surface area contributed by atoms with Gasteiger partial charge in [0, 0.05) is 24.1 Å². The van der Waals surface area contributed by atoms with E-state index in [0.717, 1.165) is 30.0 Å². The molecule has 0 saturated carbocycles. The number of rotatable bonds is 7. The monoisotopic (exact) mass is 292 g/mol. The molecule has 0 fully saturated rings. The summed E-state index contributed by atoms with van der Waals surface area (Å²) in [6.07, 6.45) is 3.55. The van der Waals surface area contributed by atoms with Crippen molar-refractivity contribution in [3.05, 3.63) is 23.3 Å². The van der Waals surface area contributed by atoms with Gasteiger partial charge in [0.05, 0.1) is 13.2 Å². The van der Waals surface area contributed by atoms with Crippen LogP contribution in [0.3, 0.4) is 0 Å². The van der Waals surface area contributed by atoms with Crippen LogP contribution < -0.4 is 15.2 Å². The molecule has 1 aliphatic heterocycles. The van der Waals surface area contributed by atoms with Gasteiger partial charge >= 0.3 is 0 Å². The van der Waals surface area contributed by atoms with Crippen molar-refractivity contribution in [2.75, 3.05) is 27.2 Å².